The Hall–Kier alpha value is -0.120. The first kappa shape index (κ1) is 12.3. The van der Waals surface area contributed by atoms with Crippen molar-refractivity contribution in [1.82, 2.24) is 15.1 Å². The van der Waals surface area contributed by atoms with Gasteiger partial charge < -0.3 is 4.90 Å². The predicted molar refractivity (Wildman–Crippen MR) is 67.7 cm³/mol. The fraction of sp³-hybridized carbons (Fsp3) is 1.00. The number of nitrogens with zero attached hydrogens (tertiary/aromatic N) is 3. The molecule has 3 heteroatoms. The van der Waals surface area contributed by atoms with Crippen molar-refractivity contribution in [3.8, 4) is 0 Å². The van der Waals surface area contributed by atoms with Crippen molar-refractivity contribution in [2.45, 2.75) is 38.8 Å². The molecule has 0 N–H and O–H groups in total. The van der Waals surface area contributed by atoms with E-state index in [9.17, 15) is 0 Å². The van der Waals surface area contributed by atoms with Gasteiger partial charge in [0.1, 0.15) is 0 Å². The first-order chi connectivity index (χ1) is 7.68. The average molecular weight is 224 g/mol. The number of rotatable bonds is 2. The van der Waals surface area contributed by atoms with Crippen LogP contribution in [-0.2, 0) is 0 Å². The van der Waals surface area contributed by atoms with E-state index in [4.69, 9.17) is 0 Å². The van der Waals surface area contributed by atoms with E-state index < -0.39 is 0 Å². The average Bonchev–Trinajstić information content (AvgIpc) is 2.30. The number of hydrogen-bond donors (Lipinski definition) is 0. The molecule has 2 heterocycles. The summed E-state index contributed by atoms with van der Waals surface area (Å²) in [5, 5.41) is 4.45. The Kier molecular flexibility index (Phi) is 4.22. The molecule has 0 aromatic heterocycles. The van der Waals surface area contributed by atoms with Crippen LogP contribution < -0.4 is 5.32 Å². The van der Waals surface area contributed by atoms with Gasteiger partial charge in [0.2, 0.25) is 0 Å². The fourth-order valence-electron chi connectivity index (χ4n) is 3.08. The molecule has 0 bridgehead atoms. The molecular weight excluding hydrogens is 198 g/mol. The van der Waals surface area contributed by atoms with Gasteiger partial charge in [0.05, 0.1) is 0 Å². The lowest BCUT2D eigenvalue weighted by Crippen LogP contribution is -2.57. The van der Waals surface area contributed by atoms with E-state index in [-0.39, 0.29) is 0 Å². The lowest BCUT2D eigenvalue weighted by atomic mass is 9.97. The second-order valence-corrected chi connectivity index (χ2v) is 5.69. The van der Waals surface area contributed by atoms with Crippen LogP contribution in [0.3, 0.4) is 0 Å². The molecule has 1 unspecified atom stereocenters. The third kappa shape index (κ3) is 2.76. The fourth-order valence-corrected chi connectivity index (χ4v) is 3.08. The third-order valence-corrected chi connectivity index (χ3v) is 4.25. The maximum absolute atomic E-state index is 4.45. The summed E-state index contributed by atoms with van der Waals surface area (Å²) in [7, 11) is 2.28. The minimum Gasteiger partial charge on any atom is -0.301 e. The van der Waals surface area contributed by atoms with Gasteiger partial charge in [-0.2, -0.15) is 0 Å². The molecule has 2 saturated heterocycles. The molecule has 0 saturated carbocycles. The van der Waals surface area contributed by atoms with Crippen LogP contribution in [0.15, 0.2) is 0 Å². The monoisotopic (exact) mass is 224 g/mol. The second-order valence-electron chi connectivity index (χ2n) is 5.69. The Balaban J connectivity index is 1.91. The minimum atomic E-state index is 0.743. The summed E-state index contributed by atoms with van der Waals surface area (Å²) in [6.45, 7) is 10.6. The van der Waals surface area contributed by atoms with Gasteiger partial charge in [0.25, 0.3) is 0 Å². The van der Waals surface area contributed by atoms with Gasteiger partial charge in [0.15, 0.2) is 0 Å². The molecule has 1 radical (unpaired) electrons. The molecule has 2 rings (SSSR count). The lowest BCUT2D eigenvalue weighted by molar-refractivity contribution is 0.0346. The van der Waals surface area contributed by atoms with Crippen molar-refractivity contribution in [2.24, 2.45) is 5.92 Å². The molecular formula is C13H26N3. The van der Waals surface area contributed by atoms with E-state index in [1.54, 1.807) is 0 Å². The molecule has 2 fully saturated rings. The maximum Gasteiger partial charge on any atom is 0.0243 e. The highest BCUT2D eigenvalue weighted by atomic mass is 15.3. The number of likely N-dealkylation sites (N-methyl/N-ethyl adjacent to an activating group) is 1. The van der Waals surface area contributed by atoms with Crippen LogP contribution in [0.2, 0.25) is 0 Å². The highest BCUT2D eigenvalue weighted by molar-refractivity contribution is 4.87. The summed E-state index contributed by atoms with van der Waals surface area (Å²) in [5.41, 5.74) is 0. The van der Waals surface area contributed by atoms with E-state index in [1.807, 2.05) is 0 Å². The van der Waals surface area contributed by atoms with Crippen LogP contribution in [0.4, 0.5) is 0 Å². The van der Waals surface area contributed by atoms with Crippen molar-refractivity contribution in [1.29, 1.82) is 0 Å². The summed E-state index contributed by atoms with van der Waals surface area (Å²) >= 11 is 0. The predicted octanol–water partition coefficient (Wildman–Crippen LogP) is 1.03. The molecule has 93 valence electrons. The third-order valence-electron chi connectivity index (χ3n) is 4.25. The largest absolute Gasteiger partial charge is 0.301 e. The van der Waals surface area contributed by atoms with E-state index in [0.29, 0.717) is 0 Å². The van der Waals surface area contributed by atoms with Crippen molar-refractivity contribution in [2.75, 3.05) is 39.8 Å². The minimum absolute atomic E-state index is 0.743. The SMILES string of the molecule is CC(C)C1CN(C2CC[N]CC2)CCN1C. The Morgan fingerprint density at radius 2 is 1.81 bits per heavy atom. The van der Waals surface area contributed by atoms with Gasteiger partial charge in [-0.1, -0.05) is 13.8 Å². The summed E-state index contributed by atoms with van der Waals surface area (Å²) < 4.78 is 0. The maximum atomic E-state index is 4.45. The number of piperazine rings is 1. The van der Waals surface area contributed by atoms with Crippen molar-refractivity contribution in [3.63, 3.8) is 0 Å². The summed E-state index contributed by atoms with van der Waals surface area (Å²) in [5.74, 6) is 0.765. The molecule has 0 aliphatic carbocycles. The molecule has 0 amide bonds. The standard InChI is InChI=1S/C13H26N3/c1-11(2)13-10-16(9-8-15(13)3)12-4-6-14-7-5-12/h11-13H,4-10H2,1-3H3. The number of piperidine rings is 1. The van der Waals surface area contributed by atoms with Gasteiger partial charge in [-0.3, -0.25) is 4.90 Å². The van der Waals surface area contributed by atoms with Gasteiger partial charge >= 0.3 is 0 Å². The molecule has 2 aliphatic rings. The molecule has 0 aromatic rings. The van der Waals surface area contributed by atoms with Crippen molar-refractivity contribution in [3.05, 3.63) is 0 Å². The van der Waals surface area contributed by atoms with Crippen molar-refractivity contribution < 1.29 is 0 Å². The summed E-state index contributed by atoms with van der Waals surface area (Å²) in [4.78, 5) is 5.26. The van der Waals surface area contributed by atoms with E-state index in [0.717, 1.165) is 31.1 Å². The topological polar surface area (TPSA) is 20.6 Å². The zero-order valence-corrected chi connectivity index (χ0v) is 11.0. The molecule has 0 spiro atoms. The van der Waals surface area contributed by atoms with E-state index >= 15 is 0 Å². The quantitative estimate of drug-likeness (QED) is 0.698. The Bertz CT molecular complexity index is 211. The summed E-state index contributed by atoms with van der Waals surface area (Å²) in [6.07, 6.45) is 2.57. The van der Waals surface area contributed by atoms with Gasteiger partial charge in [-0.05, 0) is 25.8 Å². The number of hydrogen-bond acceptors (Lipinski definition) is 2. The molecule has 0 aromatic carbocycles. The highest BCUT2D eigenvalue weighted by Gasteiger charge is 2.30. The van der Waals surface area contributed by atoms with Crippen LogP contribution in [0.25, 0.3) is 0 Å². The van der Waals surface area contributed by atoms with Crippen LogP contribution in [0.1, 0.15) is 26.7 Å². The zero-order valence-electron chi connectivity index (χ0n) is 11.0. The summed E-state index contributed by atoms with van der Waals surface area (Å²) in [6, 6.07) is 1.56. The zero-order chi connectivity index (χ0) is 11.5. The highest BCUT2D eigenvalue weighted by Crippen LogP contribution is 2.20. The normalized spacial score (nSPS) is 31.1. The van der Waals surface area contributed by atoms with E-state index in [1.165, 1.54) is 32.5 Å². The molecule has 2 aliphatic heterocycles. The van der Waals surface area contributed by atoms with Gasteiger partial charge in [-0.15, -0.1) is 0 Å². The van der Waals surface area contributed by atoms with Crippen LogP contribution in [-0.4, -0.2) is 61.7 Å². The molecule has 16 heavy (non-hydrogen) atoms. The Morgan fingerprint density at radius 1 is 1.12 bits per heavy atom. The first-order valence-electron chi connectivity index (χ1n) is 6.76. The second kappa shape index (κ2) is 5.48. The Labute approximate surface area is 100 Å². The molecule has 3 nitrogen and oxygen atoms in total. The molecule has 1 atom stereocenters. The van der Waals surface area contributed by atoms with Crippen LogP contribution >= 0.6 is 0 Å². The van der Waals surface area contributed by atoms with Crippen LogP contribution in [0.5, 0.6) is 0 Å². The van der Waals surface area contributed by atoms with Crippen LogP contribution in [0, 0.1) is 5.92 Å². The smallest absolute Gasteiger partial charge is 0.0243 e. The van der Waals surface area contributed by atoms with E-state index in [2.05, 4.69) is 36.0 Å². The van der Waals surface area contributed by atoms with Gasteiger partial charge in [0, 0.05) is 44.8 Å². The van der Waals surface area contributed by atoms with Gasteiger partial charge in [-0.25, -0.2) is 5.32 Å². The Morgan fingerprint density at radius 3 is 2.44 bits per heavy atom. The first-order valence-corrected chi connectivity index (χ1v) is 6.76. The lowest BCUT2D eigenvalue weighted by Gasteiger charge is -2.45. The van der Waals surface area contributed by atoms with Crippen molar-refractivity contribution >= 4 is 0 Å².